The number of nitrogens with one attached hydrogen (secondary N) is 2. The van der Waals surface area contributed by atoms with Crippen LogP contribution in [0.4, 0.5) is 8.78 Å². The van der Waals surface area contributed by atoms with Crippen LogP contribution >= 0.6 is 11.6 Å². The van der Waals surface area contributed by atoms with E-state index in [4.69, 9.17) is 16.3 Å². The predicted molar refractivity (Wildman–Crippen MR) is 101 cm³/mol. The third-order valence-corrected chi connectivity index (χ3v) is 3.69. The number of hydrogen-bond donors (Lipinski definition) is 2. The maximum absolute atomic E-state index is 12.6. The first kappa shape index (κ1) is 20.7. The molecular weight excluding hydrogens is 378 g/mol. The molecule has 0 amide bonds. The second kappa shape index (κ2) is 10.5. The Balaban J connectivity index is 2.06. The van der Waals surface area contributed by atoms with E-state index in [1.807, 2.05) is 13.0 Å². The number of pyridine rings is 1. The molecule has 0 aliphatic carbocycles. The first-order chi connectivity index (χ1) is 13.0. The fourth-order valence-corrected chi connectivity index (χ4v) is 2.41. The van der Waals surface area contributed by atoms with Crippen LogP contribution in [0.2, 0.25) is 5.02 Å². The Hall–Kier alpha value is -2.61. The molecular formula is C18H21ClF2N4O2. The van der Waals surface area contributed by atoms with Crippen molar-refractivity contribution in [3.05, 3.63) is 52.7 Å². The zero-order chi connectivity index (χ0) is 19.6. The highest BCUT2D eigenvalue weighted by atomic mass is 35.5. The summed E-state index contributed by atoms with van der Waals surface area (Å²) in [6, 6.07) is 8.11. The van der Waals surface area contributed by atoms with Gasteiger partial charge in [-0.1, -0.05) is 17.7 Å². The van der Waals surface area contributed by atoms with E-state index in [9.17, 15) is 8.78 Å². The maximum Gasteiger partial charge on any atom is 0.387 e. The summed E-state index contributed by atoms with van der Waals surface area (Å²) in [6.07, 6.45) is 1.68. The summed E-state index contributed by atoms with van der Waals surface area (Å²) < 4.78 is 34.7. The van der Waals surface area contributed by atoms with Crippen molar-refractivity contribution < 1.29 is 18.3 Å². The summed E-state index contributed by atoms with van der Waals surface area (Å²) in [5, 5.41) is 6.60. The largest absolute Gasteiger partial charge is 0.481 e. The number of aliphatic imine (C=N–C) groups is 1. The van der Waals surface area contributed by atoms with Crippen molar-refractivity contribution in [2.24, 2.45) is 4.99 Å². The number of halogens is 3. The van der Waals surface area contributed by atoms with Crippen LogP contribution in [-0.2, 0) is 13.1 Å². The van der Waals surface area contributed by atoms with Gasteiger partial charge in [0, 0.05) is 35.9 Å². The van der Waals surface area contributed by atoms with E-state index in [0.29, 0.717) is 35.5 Å². The number of guanidine groups is 1. The molecule has 1 heterocycles. The van der Waals surface area contributed by atoms with E-state index in [0.717, 1.165) is 5.56 Å². The van der Waals surface area contributed by atoms with Gasteiger partial charge in [0.15, 0.2) is 5.96 Å². The Morgan fingerprint density at radius 3 is 2.70 bits per heavy atom. The average Bonchev–Trinajstić information content (AvgIpc) is 2.66. The Labute approximate surface area is 161 Å². The average molecular weight is 399 g/mol. The molecule has 2 N–H and O–H groups in total. The van der Waals surface area contributed by atoms with Crippen LogP contribution in [0, 0.1) is 0 Å². The zero-order valence-corrected chi connectivity index (χ0v) is 15.8. The number of rotatable bonds is 8. The summed E-state index contributed by atoms with van der Waals surface area (Å²) >= 11 is 5.96. The van der Waals surface area contributed by atoms with Gasteiger partial charge in [0.25, 0.3) is 0 Å². The smallest absolute Gasteiger partial charge is 0.387 e. The highest BCUT2D eigenvalue weighted by Crippen LogP contribution is 2.24. The van der Waals surface area contributed by atoms with E-state index in [1.54, 1.807) is 25.4 Å². The van der Waals surface area contributed by atoms with Gasteiger partial charge in [-0.2, -0.15) is 8.78 Å². The molecule has 9 heteroatoms. The number of alkyl halides is 2. The first-order valence-corrected chi connectivity index (χ1v) is 8.64. The molecule has 0 fully saturated rings. The van der Waals surface area contributed by atoms with Crippen LogP contribution in [0.15, 0.2) is 41.5 Å². The molecule has 0 spiro atoms. The van der Waals surface area contributed by atoms with Gasteiger partial charge in [-0.05, 0) is 30.7 Å². The van der Waals surface area contributed by atoms with E-state index < -0.39 is 6.61 Å². The first-order valence-electron chi connectivity index (χ1n) is 8.26. The van der Waals surface area contributed by atoms with Crippen molar-refractivity contribution in [1.82, 2.24) is 15.6 Å². The maximum atomic E-state index is 12.6. The van der Waals surface area contributed by atoms with Crippen LogP contribution in [-0.4, -0.2) is 31.2 Å². The van der Waals surface area contributed by atoms with Crippen LogP contribution in [0.25, 0.3) is 0 Å². The topological polar surface area (TPSA) is 67.8 Å². The third kappa shape index (κ3) is 6.90. The van der Waals surface area contributed by atoms with E-state index >= 15 is 0 Å². The van der Waals surface area contributed by atoms with Crippen LogP contribution in [0.3, 0.4) is 0 Å². The lowest BCUT2D eigenvalue weighted by Crippen LogP contribution is -2.36. The molecule has 0 atom stereocenters. The van der Waals surface area contributed by atoms with Crippen molar-refractivity contribution in [2.45, 2.75) is 26.6 Å². The molecule has 0 radical (unpaired) electrons. The van der Waals surface area contributed by atoms with Gasteiger partial charge in [-0.25, -0.2) is 9.98 Å². The number of methoxy groups -OCH3 is 1. The molecule has 2 rings (SSSR count). The van der Waals surface area contributed by atoms with E-state index in [2.05, 4.69) is 25.3 Å². The Bertz CT molecular complexity index is 758. The highest BCUT2D eigenvalue weighted by Gasteiger charge is 2.11. The Kier molecular flexibility index (Phi) is 8.06. The summed E-state index contributed by atoms with van der Waals surface area (Å²) in [6.45, 7) is 0.270. The Morgan fingerprint density at radius 1 is 1.26 bits per heavy atom. The lowest BCUT2D eigenvalue weighted by atomic mass is 10.2. The van der Waals surface area contributed by atoms with Crippen LogP contribution in [0.1, 0.15) is 18.1 Å². The lowest BCUT2D eigenvalue weighted by molar-refractivity contribution is -0.0504. The molecule has 0 aliphatic rings. The van der Waals surface area contributed by atoms with E-state index in [-0.39, 0.29) is 12.3 Å². The Morgan fingerprint density at radius 2 is 2.07 bits per heavy atom. The molecule has 0 aliphatic heterocycles. The number of ether oxygens (including phenoxy) is 2. The molecule has 2 aromatic rings. The fourth-order valence-electron chi connectivity index (χ4n) is 2.21. The van der Waals surface area contributed by atoms with Crippen molar-refractivity contribution in [1.29, 1.82) is 0 Å². The fraction of sp³-hybridized carbons (Fsp3) is 0.333. The highest BCUT2D eigenvalue weighted by molar-refractivity contribution is 6.30. The van der Waals surface area contributed by atoms with Crippen LogP contribution in [0.5, 0.6) is 11.6 Å². The zero-order valence-electron chi connectivity index (χ0n) is 15.0. The van der Waals surface area contributed by atoms with Gasteiger partial charge in [-0.15, -0.1) is 0 Å². The monoisotopic (exact) mass is 398 g/mol. The summed E-state index contributed by atoms with van der Waals surface area (Å²) in [5.41, 5.74) is 1.40. The van der Waals surface area contributed by atoms with Gasteiger partial charge in [0.1, 0.15) is 5.75 Å². The normalized spacial score (nSPS) is 11.4. The molecule has 0 bridgehead atoms. The van der Waals surface area contributed by atoms with Gasteiger partial charge < -0.3 is 20.1 Å². The predicted octanol–water partition coefficient (Wildman–Crippen LogP) is 3.60. The SMILES string of the molecule is CCNC(=NCc1ccc(OC)nc1)NCc1cc(Cl)ccc1OC(F)F. The van der Waals surface area contributed by atoms with Gasteiger partial charge in [-0.3, -0.25) is 0 Å². The molecule has 0 unspecified atom stereocenters. The number of aromatic nitrogens is 1. The van der Waals surface area contributed by atoms with Crippen molar-refractivity contribution in [2.75, 3.05) is 13.7 Å². The summed E-state index contributed by atoms with van der Waals surface area (Å²) in [7, 11) is 1.55. The minimum absolute atomic E-state index is 0.0668. The van der Waals surface area contributed by atoms with Crippen molar-refractivity contribution in [3.63, 3.8) is 0 Å². The van der Waals surface area contributed by atoms with Crippen molar-refractivity contribution in [3.8, 4) is 11.6 Å². The van der Waals surface area contributed by atoms with Gasteiger partial charge in [0.2, 0.25) is 5.88 Å². The van der Waals surface area contributed by atoms with Gasteiger partial charge >= 0.3 is 6.61 Å². The molecule has 1 aromatic carbocycles. The number of benzene rings is 1. The second-order valence-corrected chi connectivity index (χ2v) is 5.82. The molecule has 146 valence electrons. The lowest BCUT2D eigenvalue weighted by Gasteiger charge is -2.14. The number of nitrogens with zero attached hydrogens (tertiary/aromatic N) is 2. The molecule has 0 saturated heterocycles. The minimum Gasteiger partial charge on any atom is -0.481 e. The second-order valence-electron chi connectivity index (χ2n) is 5.39. The number of hydrogen-bond acceptors (Lipinski definition) is 4. The quantitative estimate of drug-likeness (QED) is 0.525. The molecule has 6 nitrogen and oxygen atoms in total. The molecule has 27 heavy (non-hydrogen) atoms. The summed E-state index contributed by atoms with van der Waals surface area (Å²) in [5.74, 6) is 1.12. The molecule has 1 aromatic heterocycles. The summed E-state index contributed by atoms with van der Waals surface area (Å²) in [4.78, 5) is 8.59. The minimum atomic E-state index is -2.91. The van der Waals surface area contributed by atoms with E-state index in [1.165, 1.54) is 12.1 Å². The third-order valence-electron chi connectivity index (χ3n) is 3.46. The standard InChI is InChI=1S/C18H21ClF2N4O2/c1-3-22-18(24-10-12-4-7-16(26-2)23-9-12)25-11-13-8-14(19)5-6-15(13)27-17(20)21/h4-9,17H,3,10-11H2,1-2H3,(H2,22,24,25). The van der Waals surface area contributed by atoms with Gasteiger partial charge in [0.05, 0.1) is 13.7 Å². The molecule has 0 saturated carbocycles. The van der Waals surface area contributed by atoms with Crippen LogP contribution < -0.4 is 20.1 Å². The van der Waals surface area contributed by atoms with Crippen molar-refractivity contribution >= 4 is 17.6 Å².